The summed E-state index contributed by atoms with van der Waals surface area (Å²) in [4.78, 5) is 0. The van der Waals surface area contributed by atoms with E-state index in [9.17, 15) is 4.39 Å². The van der Waals surface area contributed by atoms with E-state index in [0.29, 0.717) is 12.2 Å². The van der Waals surface area contributed by atoms with Crippen LogP contribution in [-0.2, 0) is 11.3 Å². The Morgan fingerprint density at radius 1 is 1.26 bits per heavy atom. The molecule has 2 nitrogen and oxygen atoms in total. The Bertz CT molecular complexity index is 432. The summed E-state index contributed by atoms with van der Waals surface area (Å²) < 4.78 is 18.9. The lowest BCUT2D eigenvalue weighted by Gasteiger charge is -2.05. The molecule has 0 spiro atoms. The molecule has 1 N–H and O–H groups in total. The van der Waals surface area contributed by atoms with Gasteiger partial charge in [-0.25, -0.2) is 4.39 Å². The normalized spacial score (nSPS) is 10.1. The van der Waals surface area contributed by atoms with Crippen molar-refractivity contribution in [3.05, 3.63) is 35.1 Å². The number of hydrogen-bond donors (Lipinski definition) is 1. The van der Waals surface area contributed by atoms with Crippen LogP contribution in [0.3, 0.4) is 0 Å². The van der Waals surface area contributed by atoms with Gasteiger partial charge in [-0.1, -0.05) is 44.1 Å². The van der Waals surface area contributed by atoms with Crippen molar-refractivity contribution in [2.24, 2.45) is 0 Å². The number of unbranched alkanes of at least 4 members (excludes halogenated alkanes) is 3. The van der Waals surface area contributed by atoms with Crippen molar-refractivity contribution in [2.45, 2.75) is 39.2 Å². The molecule has 0 aliphatic rings. The van der Waals surface area contributed by atoms with Crippen LogP contribution < -0.4 is 0 Å². The molecule has 1 aromatic carbocycles. The Labute approximate surface area is 114 Å². The predicted molar refractivity (Wildman–Crippen MR) is 74.2 cm³/mol. The average Bonchev–Trinajstić information content (AvgIpc) is 2.43. The summed E-state index contributed by atoms with van der Waals surface area (Å²) in [6.45, 7) is 3.11. The molecule has 0 radical (unpaired) electrons. The van der Waals surface area contributed by atoms with E-state index < -0.39 is 0 Å². The number of halogens is 1. The molecule has 0 aliphatic carbocycles. The molecule has 0 bridgehead atoms. The van der Waals surface area contributed by atoms with Crippen LogP contribution >= 0.6 is 0 Å². The second-order valence-corrected chi connectivity index (χ2v) is 4.39. The van der Waals surface area contributed by atoms with Gasteiger partial charge in [-0.15, -0.1) is 0 Å². The van der Waals surface area contributed by atoms with Gasteiger partial charge in [0.05, 0.1) is 12.2 Å². The van der Waals surface area contributed by atoms with Crippen LogP contribution in [0.1, 0.15) is 43.7 Å². The van der Waals surface area contributed by atoms with Crippen LogP contribution in [0.25, 0.3) is 0 Å². The molecule has 0 aliphatic heterocycles. The molecule has 0 fully saturated rings. The highest BCUT2D eigenvalue weighted by Gasteiger charge is 2.01. The van der Waals surface area contributed by atoms with Crippen LogP contribution in [-0.4, -0.2) is 18.3 Å². The van der Waals surface area contributed by atoms with Crippen LogP contribution in [0.5, 0.6) is 0 Å². The molecule has 0 saturated carbocycles. The highest BCUT2D eigenvalue weighted by molar-refractivity contribution is 5.38. The van der Waals surface area contributed by atoms with E-state index in [2.05, 4.69) is 18.8 Å². The van der Waals surface area contributed by atoms with Gasteiger partial charge in [-0.05, 0) is 24.1 Å². The Kier molecular flexibility index (Phi) is 7.88. The first-order chi connectivity index (χ1) is 9.27. The molecule has 1 aromatic rings. The van der Waals surface area contributed by atoms with Gasteiger partial charge < -0.3 is 9.84 Å². The van der Waals surface area contributed by atoms with Crippen LogP contribution in [0.15, 0.2) is 18.2 Å². The number of hydrogen-bond acceptors (Lipinski definition) is 2. The summed E-state index contributed by atoms with van der Waals surface area (Å²) >= 11 is 0. The minimum absolute atomic E-state index is 0.266. The third-order valence-electron chi connectivity index (χ3n) is 2.74. The topological polar surface area (TPSA) is 29.5 Å². The number of aliphatic hydroxyl groups excluding tert-OH is 1. The molecule has 19 heavy (non-hydrogen) atoms. The molecule has 0 heterocycles. The van der Waals surface area contributed by atoms with Crippen molar-refractivity contribution in [3.63, 3.8) is 0 Å². The van der Waals surface area contributed by atoms with E-state index in [4.69, 9.17) is 9.84 Å². The Balaban J connectivity index is 2.42. The first-order valence-corrected chi connectivity index (χ1v) is 6.73. The van der Waals surface area contributed by atoms with E-state index in [1.807, 2.05) is 0 Å². The smallest absolute Gasteiger partial charge is 0.138 e. The van der Waals surface area contributed by atoms with Gasteiger partial charge in [0.1, 0.15) is 12.4 Å². The van der Waals surface area contributed by atoms with Crippen molar-refractivity contribution in [1.82, 2.24) is 0 Å². The fourth-order valence-corrected chi connectivity index (χ4v) is 1.71. The standard InChI is InChI=1S/C16H21FO2/c1-2-3-4-5-11-19-13-14-8-9-16(17)15(12-14)7-6-10-18/h8-9,12,18H,2-5,10-11,13H2,1H3. The largest absolute Gasteiger partial charge is 0.384 e. The highest BCUT2D eigenvalue weighted by atomic mass is 19.1. The van der Waals surface area contributed by atoms with Gasteiger partial charge in [-0.2, -0.15) is 0 Å². The fourth-order valence-electron chi connectivity index (χ4n) is 1.71. The van der Waals surface area contributed by atoms with Crippen molar-refractivity contribution >= 4 is 0 Å². The highest BCUT2D eigenvalue weighted by Crippen LogP contribution is 2.11. The fraction of sp³-hybridized carbons (Fsp3) is 0.500. The molecule has 0 saturated heterocycles. The first-order valence-electron chi connectivity index (χ1n) is 6.73. The zero-order chi connectivity index (χ0) is 13.9. The summed E-state index contributed by atoms with van der Waals surface area (Å²) in [5, 5.41) is 8.61. The minimum Gasteiger partial charge on any atom is -0.384 e. The number of ether oxygens (including phenoxy) is 1. The SMILES string of the molecule is CCCCCCOCc1ccc(F)c(C#CCO)c1. The van der Waals surface area contributed by atoms with Gasteiger partial charge in [0.25, 0.3) is 0 Å². The number of benzene rings is 1. The lowest BCUT2D eigenvalue weighted by Crippen LogP contribution is -1.97. The van der Waals surface area contributed by atoms with Crippen molar-refractivity contribution in [2.75, 3.05) is 13.2 Å². The maximum atomic E-state index is 13.4. The summed E-state index contributed by atoms with van der Waals surface area (Å²) in [6, 6.07) is 4.76. The number of aliphatic hydroxyl groups is 1. The van der Waals surface area contributed by atoms with Gasteiger partial charge >= 0.3 is 0 Å². The third kappa shape index (κ3) is 6.37. The molecule has 1 rings (SSSR count). The molecule has 0 unspecified atom stereocenters. The van der Waals surface area contributed by atoms with Gasteiger partial charge in [0.2, 0.25) is 0 Å². The van der Waals surface area contributed by atoms with Gasteiger partial charge in [0, 0.05) is 6.61 Å². The summed E-state index contributed by atoms with van der Waals surface area (Å²) in [5.74, 6) is 4.67. The van der Waals surface area contributed by atoms with Crippen LogP contribution in [0, 0.1) is 17.7 Å². The molecular formula is C16H21FO2. The minimum atomic E-state index is -0.368. The Hall–Kier alpha value is -1.37. The monoisotopic (exact) mass is 264 g/mol. The predicted octanol–water partition coefficient (Wildman–Crippen LogP) is 3.27. The van der Waals surface area contributed by atoms with Crippen LogP contribution in [0.2, 0.25) is 0 Å². The first kappa shape index (κ1) is 15.7. The molecular weight excluding hydrogens is 243 g/mol. The van der Waals surface area contributed by atoms with Crippen molar-refractivity contribution in [1.29, 1.82) is 0 Å². The van der Waals surface area contributed by atoms with Gasteiger partial charge in [0.15, 0.2) is 0 Å². The summed E-state index contributed by atoms with van der Waals surface area (Å²) in [5.41, 5.74) is 1.21. The molecule has 0 amide bonds. The lowest BCUT2D eigenvalue weighted by molar-refractivity contribution is 0.117. The summed E-state index contributed by atoms with van der Waals surface area (Å²) in [6.07, 6.45) is 4.70. The second kappa shape index (κ2) is 9.55. The van der Waals surface area contributed by atoms with Crippen molar-refractivity contribution < 1.29 is 14.2 Å². The van der Waals surface area contributed by atoms with Crippen LogP contribution in [0.4, 0.5) is 4.39 Å². The zero-order valence-corrected chi connectivity index (χ0v) is 11.4. The van der Waals surface area contributed by atoms with Gasteiger partial charge in [-0.3, -0.25) is 0 Å². The number of rotatable bonds is 7. The Morgan fingerprint density at radius 3 is 2.84 bits per heavy atom. The van der Waals surface area contributed by atoms with E-state index >= 15 is 0 Å². The maximum Gasteiger partial charge on any atom is 0.138 e. The molecule has 3 heteroatoms. The average molecular weight is 264 g/mol. The molecule has 104 valence electrons. The van der Waals surface area contributed by atoms with E-state index in [1.165, 1.54) is 25.3 Å². The molecule has 0 atom stereocenters. The molecule has 0 aromatic heterocycles. The van der Waals surface area contributed by atoms with E-state index in [0.717, 1.165) is 18.6 Å². The lowest BCUT2D eigenvalue weighted by atomic mass is 10.1. The van der Waals surface area contributed by atoms with E-state index in [1.54, 1.807) is 12.1 Å². The van der Waals surface area contributed by atoms with Crippen molar-refractivity contribution in [3.8, 4) is 11.8 Å². The maximum absolute atomic E-state index is 13.4. The quantitative estimate of drug-likeness (QED) is 0.605. The van der Waals surface area contributed by atoms with E-state index in [-0.39, 0.29) is 12.4 Å². The summed E-state index contributed by atoms with van der Waals surface area (Å²) in [7, 11) is 0. The Morgan fingerprint density at radius 2 is 2.11 bits per heavy atom. The third-order valence-corrected chi connectivity index (χ3v) is 2.74. The second-order valence-electron chi connectivity index (χ2n) is 4.39. The zero-order valence-electron chi connectivity index (χ0n) is 11.4.